The molecule has 0 rings (SSSR count). The van der Waals surface area contributed by atoms with Crippen molar-refractivity contribution in [1.82, 2.24) is 5.32 Å². The molecule has 0 aromatic rings. The van der Waals surface area contributed by atoms with E-state index in [1.165, 1.54) is 32.1 Å². The Balaban J connectivity index is 3.09. The first-order valence-electron chi connectivity index (χ1n) is 6.24. The zero-order valence-electron chi connectivity index (χ0n) is 10.4. The number of nitrogens with one attached hydrogen (secondary N) is 1. The molecule has 0 saturated heterocycles. The summed E-state index contributed by atoms with van der Waals surface area (Å²) in [4.78, 5) is 0. The predicted octanol–water partition coefficient (Wildman–Crippen LogP) is 3.14. The highest BCUT2D eigenvalue weighted by molar-refractivity contribution is 4.70. The van der Waals surface area contributed by atoms with E-state index in [9.17, 15) is 0 Å². The van der Waals surface area contributed by atoms with Gasteiger partial charge in [-0.05, 0) is 13.3 Å². The number of unbranched alkanes of at least 4 members (excludes halogenated alkanes) is 4. The lowest BCUT2D eigenvalue weighted by Crippen LogP contribution is -2.27. The quantitative estimate of drug-likeness (QED) is 0.420. The maximum Gasteiger partial charge on any atom is 0.0671 e. The molecule has 15 heavy (non-hydrogen) atoms. The summed E-state index contributed by atoms with van der Waals surface area (Å²) in [6.45, 7) is 10.7. The van der Waals surface area contributed by atoms with Gasteiger partial charge in [-0.3, -0.25) is 0 Å². The summed E-state index contributed by atoms with van der Waals surface area (Å²) < 4.78 is 5.67. The van der Waals surface area contributed by atoms with Crippen molar-refractivity contribution in [1.29, 1.82) is 0 Å². The van der Waals surface area contributed by atoms with E-state index >= 15 is 0 Å². The van der Waals surface area contributed by atoms with E-state index in [1.807, 2.05) is 6.08 Å². The van der Waals surface area contributed by atoms with Crippen LogP contribution in [0.4, 0.5) is 0 Å². The van der Waals surface area contributed by atoms with Crippen LogP contribution in [0.25, 0.3) is 0 Å². The molecule has 0 fully saturated rings. The predicted molar refractivity (Wildman–Crippen MR) is 67.2 cm³/mol. The van der Waals surface area contributed by atoms with Crippen molar-refractivity contribution >= 4 is 0 Å². The van der Waals surface area contributed by atoms with E-state index < -0.39 is 0 Å². The van der Waals surface area contributed by atoms with Crippen molar-refractivity contribution in [2.45, 2.75) is 52.1 Å². The third kappa shape index (κ3) is 11.6. The Bertz CT molecular complexity index is 136. The van der Waals surface area contributed by atoms with Crippen LogP contribution in [0.5, 0.6) is 0 Å². The molecule has 0 aliphatic rings. The summed E-state index contributed by atoms with van der Waals surface area (Å²) in [5.74, 6) is 0. The molecular formula is C13H27NO. The third-order valence-corrected chi connectivity index (χ3v) is 2.37. The largest absolute Gasteiger partial charge is 0.377 e. The highest BCUT2D eigenvalue weighted by Gasteiger charge is 1.99. The number of hydrogen-bond donors (Lipinski definition) is 1. The molecule has 1 unspecified atom stereocenters. The first kappa shape index (κ1) is 14.7. The van der Waals surface area contributed by atoms with Gasteiger partial charge in [0.05, 0.1) is 6.10 Å². The number of rotatable bonds is 11. The fourth-order valence-corrected chi connectivity index (χ4v) is 1.44. The summed E-state index contributed by atoms with van der Waals surface area (Å²) in [5, 5.41) is 3.25. The first-order valence-corrected chi connectivity index (χ1v) is 6.24. The summed E-state index contributed by atoms with van der Waals surface area (Å²) in [7, 11) is 0. The minimum atomic E-state index is 0.316. The second kappa shape index (κ2) is 11.7. The van der Waals surface area contributed by atoms with Gasteiger partial charge in [-0.2, -0.15) is 0 Å². The van der Waals surface area contributed by atoms with E-state index in [-0.39, 0.29) is 0 Å². The van der Waals surface area contributed by atoms with Gasteiger partial charge in [-0.15, -0.1) is 6.58 Å². The first-order chi connectivity index (χ1) is 7.31. The van der Waals surface area contributed by atoms with E-state index in [1.54, 1.807) is 0 Å². The zero-order chi connectivity index (χ0) is 11.4. The van der Waals surface area contributed by atoms with Crippen LogP contribution in [0.1, 0.15) is 46.0 Å². The van der Waals surface area contributed by atoms with Gasteiger partial charge in [0, 0.05) is 19.7 Å². The standard InChI is InChI=1S/C13H27NO/c1-4-6-7-8-9-11-15-13(3)12-14-10-5-2/h5,13-14H,2,4,6-12H2,1,3H3. The lowest BCUT2D eigenvalue weighted by molar-refractivity contribution is 0.0637. The van der Waals surface area contributed by atoms with Crippen molar-refractivity contribution in [3.8, 4) is 0 Å². The van der Waals surface area contributed by atoms with Crippen LogP contribution in [0.2, 0.25) is 0 Å². The second-order valence-corrected chi connectivity index (χ2v) is 4.04. The van der Waals surface area contributed by atoms with Gasteiger partial charge in [-0.1, -0.05) is 38.7 Å². The number of hydrogen-bond acceptors (Lipinski definition) is 2. The zero-order valence-corrected chi connectivity index (χ0v) is 10.4. The van der Waals surface area contributed by atoms with Gasteiger partial charge in [0.25, 0.3) is 0 Å². The average molecular weight is 213 g/mol. The Morgan fingerprint density at radius 2 is 2.00 bits per heavy atom. The van der Waals surface area contributed by atoms with E-state index in [4.69, 9.17) is 4.74 Å². The maximum absolute atomic E-state index is 5.67. The molecule has 0 spiro atoms. The fraction of sp³-hybridized carbons (Fsp3) is 0.846. The van der Waals surface area contributed by atoms with E-state index in [0.29, 0.717) is 6.10 Å². The second-order valence-electron chi connectivity index (χ2n) is 4.04. The Labute approximate surface area is 95.1 Å². The number of ether oxygens (including phenoxy) is 1. The SMILES string of the molecule is C=CCNCC(C)OCCCCCCC. The lowest BCUT2D eigenvalue weighted by atomic mass is 10.2. The van der Waals surface area contributed by atoms with Crippen molar-refractivity contribution < 1.29 is 4.74 Å². The van der Waals surface area contributed by atoms with Crippen LogP contribution in [-0.2, 0) is 4.74 Å². The van der Waals surface area contributed by atoms with Crippen molar-refractivity contribution in [3.05, 3.63) is 12.7 Å². The van der Waals surface area contributed by atoms with Gasteiger partial charge in [0.2, 0.25) is 0 Å². The van der Waals surface area contributed by atoms with Crippen molar-refractivity contribution in [2.75, 3.05) is 19.7 Å². The molecule has 1 atom stereocenters. The molecule has 0 aromatic heterocycles. The monoisotopic (exact) mass is 213 g/mol. The average Bonchev–Trinajstić information content (AvgIpc) is 2.23. The van der Waals surface area contributed by atoms with Gasteiger partial charge in [0.1, 0.15) is 0 Å². The molecule has 0 aliphatic heterocycles. The smallest absolute Gasteiger partial charge is 0.0671 e. The molecule has 0 saturated carbocycles. The van der Waals surface area contributed by atoms with Crippen LogP contribution in [0.15, 0.2) is 12.7 Å². The van der Waals surface area contributed by atoms with Gasteiger partial charge in [-0.25, -0.2) is 0 Å². The summed E-state index contributed by atoms with van der Waals surface area (Å²) in [6.07, 6.45) is 8.71. The summed E-state index contributed by atoms with van der Waals surface area (Å²) in [5.41, 5.74) is 0. The minimum absolute atomic E-state index is 0.316. The molecule has 0 amide bonds. The van der Waals surface area contributed by atoms with Gasteiger partial charge >= 0.3 is 0 Å². The van der Waals surface area contributed by atoms with Gasteiger partial charge < -0.3 is 10.1 Å². The maximum atomic E-state index is 5.67. The van der Waals surface area contributed by atoms with Gasteiger partial charge in [0.15, 0.2) is 0 Å². The molecule has 1 N–H and O–H groups in total. The lowest BCUT2D eigenvalue weighted by Gasteiger charge is -2.13. The van der Waals surface area contributed by atoms with Crippen LogP contribution in [-0.4, -0.2) is 25.8 Å². The molecule has 2 nitrogen and oxygen atoms in total. The Hall–Kier alpha value is -0.340. The summed E-state index contributed by atoms with van der Waals surface area (Å²) in [6, 6.07) is 0. The fourth-order valence-electron chi connectivity index (χ4n) is 1.44. The third-order valence-electron chi connectivity index (χ3n) is 2.37. The molecule has 2 heteroatoms. The van der Waals surface area contributed by atoms with Crippen LogP contribution in [0.3, 0.4) is 0 Å². The highest BCUT2D eigenvalue weighted by Crippen LogP contribution is 2.03. The van der Waals surface area contributed by atoms with Crippen LogP contribution < -0.4 is 5.32 Å². The Kier molecular flexibility index (Phi) is 11.5. The Morgan fingerprint density at radius 1 is 1.27 bits per heavy atom. The molecule has 0 bridgehead atoms. The summed E-state index contributed by atoms with van der Waals surface area (Å²) >= 11 is 0. The highest BCUT2D eigenvalue weighted by atomic mass is 16.5. The Morgan fingerprint density at radius 3 is 2.67 bits per heavy atom. The van der Waals surface area contributed by atoms with Crippen LogP contribution in [0, 0.1) is 0 Å². The molecule has 0 aliphatic carbocycles. The van der Waals surface area contributed by atoms with Crippen molar-refractivity contribution in [2.24, 2.45) is 0 Å². The van der Waals surface area contributed by atoms with Crippen LogP contribution >= 0.6 is 0 Å². The minimum Gasteiger partial charge on any atom is -0.377 e. The van der Waals surface area contributed by atoms with E-state index in [2.05, 4.69) is 25.7 Å². The topological polar surface area (TPSA) is 21.3 Å². The molecule has 90 valence electrons. The normalized spacial score (nSPS) is 12.7. The van der Waals surface area contributed by atoms with E-state index in [0.717, 1.165) is 19.7 Å². The molecular weight excluding hydrogens is 186 g/mol. The van der Waals surface area contributed by atoms with Crippen molar-refractivity contribution in [3.63, 3.8) is 0 Å². The molecule has 0 radical (unpaired) electrons. The molecule has 0 aromatic carbocycles. The molecule has 0 heterocycles.